The van der Waals surface area contributed by atoms with Gasteiger partial charge < -0.3 is 14.4 Å². The third kappa shape index (κ3) is 2.15. The lowest BCUT2D eigenvalue weighted by atomic mass is 10.0. The molecule has 0 aliphatic carbocycles. The molecule has 0 aromatic heterocycles. The van der Waals surface area contributed by atoms with Crippen LogP contribution in [0.15, 0.2) is 0 Å². The Kier molecular flexibility index (Phi) is 3.87. The van der Waals surface area contributed by atoms with Crippen molar-refractivity contribution in [2.75, 3.05) is 20.8 Å². The highest BCUT2D eigenvalue weighted by atomic mass is 16.5. The number of amides is 1. The summed E-state index contributed by atoms with van der Waals surface area (Å²) in [5.41, 5.74) is 0. The lowest BCUT2D eigenvalue weighted by Crippen LogP contribution is -2.45. The first-order chi connectivity index (χ1) is 7.52. The second-order valence-corrected chi connectivity index (χ2v) is 3.60. The van der Waals surface area contributed by atoms with Gasteiger partial charge in [-0.25, -0.2) is 4.79 Å². The maximum atomic E-state index is 11.5. The number of carbonyl (C=O) groups excluding carboxylic acids is 3. The van der Waals surface area contributed by atoms with Crippen LogP contribution in [0.5, 0.6) is 0 Å². The highest BCUT2D eigenvalue weighted by molar-refractivity contribution is 5.89. The van der Waals surface area contributed by atoms with E-state index in [2.05, 4.69) is 9.47 Å². The van der Waals surface area contributed by atoms with Crippen molar-refractivity contribution < 1.29 is 23.9 Å². The first-order valence-corrected chi connectivity index (χ1v) is 4.95. The number of rotatable bonds is 2. The molecule has 0 saturated carbocycles. The fraction of sp³-hybridized carbons (Fsp3) is 0.700. The van der Waals surface area contributed by atoms with Gasteiger partial charge in [0, 0.05) is 13.5 Å². The van der Waals surface area contributed by atoms with Crippen molar-refractivity contribution in [2.45, 2.75) is 19.4 Å². The summed E-state index contributed by atoms with van der Waals surface area (Å²) < 4.78 is 9.20. The van der Waals surface area contributed by atoms with Gasteiger partial charge in [0.05, 0.1) is 20.1 Å². The third-order valence-corrected chi connectivity index (χ3v) is 2.75. The SMILES string of the molecule is COC(=O)[C@@H]1CCN(C(C)=O)[C@H]1C(=O)OC. The van der Waals surface area contributed by atoms with E-state index in [0.717, 1.165) is 0 Å². The summed E-state index contributed by atoms with van der Waals surface area (Å²) in [6.45, 7) is 1.73. The van der Waals surface area contributed by atoms with Crippen LogP contribution in [-0.2, 0) is 23.9 Å². The van der Waals surface area contributed by atoms with E-state index in [9.17, 15) is 14.4 Å². The molecule has 1 saturated heterocycles. The monoisotopic (exact) mass is 229 g/mol. The van der Waals surface area contributed by atoms with Crippen molar-refractivity contribution in [2.24, 2.45) is 5.92 Å². The average Bonchev–Trinajstić information content (AvgIpc) is 2.71. The number of hydrogen-bond acceptors (Lipinski definition) is 5. The predicted molar refractivity (Wildman–Crippen MR) is 53.3 cm³/mol. The fourth-order valence-corrected chi connectivity index (χ4v) is 1.96. The number of methoxy groups -OCH3 is 2. The molecule has 0 unspecified atom stereocenters. The summed E-state index contributed by atoms with van der Waals surface area (Å²) in [4.78, 5) is 35.6. The quantitative estimate of drug-likeness (QED) is 0.601. The van der Waals surface area contributed by atoms with Crippen LogP contribution in [0.2, 0.25) is 0 Å². The van der Waals surface area contributed by atoms with Gasteiger partial charge in [-0.15, -0.1) is 0 Å². The van der Waals surface area contributed by atoms with E-state index in [1.165, 1.54) is 26.0 Å². The molecule has 0 radical (unpaired) electrons. The molecule has 0 aromatic carbocycles. The summed E-state index contributed by atoms with van der Waals surface area (Å²) in [7, 11) is 2.49. The van der Waals surface area contributed by atoms with Crippen molar-refractivity contribution in [3.05, 3.63) is 0 Å². The molecule has 1 rings (SSSR count). The largest absolute Gasteiger partial charge is 0.469 e. The molecule has 2 atom stereocenters. The number of likely N-dealkylation sites (tertiary alicyclic amines) is 1. The fourth-order valence-electron chi connectivity index (χ4n) is 1.96. The van der Waals surface area contributed by atoms with E-state index in [4.69, 9.17) is 0 Å². The Balaban J connectivity index is 2.92. The van der Waals surface area contributed by atoms with Crippen LogP contribution in [0.25, 0.3) is 0 Å². The zero-order valence-electron chi connectivity index (χ0n) is 9.56. The number of nitrogens with zero attached hydrogens (tertiary/aromatic N) is 1. The Hall–Kier alpha value is -1.59. The summed E-state index contributed by atoms with van der Waals surface area (Å²) in [6, 6.07) is -0.852. The van der Waals surface area contributed by atoms with Gasteiger partial charge in [0.1, 0.15) is 6.04 Å². The van der Waals surface area contributed by atoms with Gasteiger partial charge in [-0.3, -0.25) is 9.59 Å². The van der Waals surface area contributed by atoms with Gasteiger partial charge in [0.15, 0.2) is 0 Å². The summed E-state index contributed by atoms with van der Waals surface area (Å²) in [5.74, 6) is -1.94. The van der Waals surface area contributed by atoms with Crippen molar-refractivity contribution in [1.82, 2.24) is 4.90 Å². The van der Waals surface area contributed by atoms with E-state index in [1.807, 2.05) is 0 Å². The number of hydrogen-bond donors (Lipinski definition) is 0. The molecule has 0 N–H and O–H groups in total. The molecule has 0 spiro atoms. The van der Waals surface area contributed by atoms with Crippen molar-refractivity contribution in [1.29, 1.82) is 0 Å². The third-order valence-electron chi connectivity index (χ3n) is 2.75. The number of carbonyl (C=O) groups is 3. The standard InChI is InChI=1S/C10H15NO5/c1-6(12)11-5-4-7(9(13)15-2)8(11)10(14)16-3/h7-8H,4-5H2,1-3H3/t7-,8-/m1/s1. The van der Waals surface area contributed by atoms with Crippen LogP contribution in [0.4, 0.5) is 0 Å². The maximum absolute atomic E-state index is 11.5. The van der Waals surface area contributed by atoms with Gasteiger partial charge in [0.2, 0.25) is 5.91 Å². The zero-order valence-corrected chi connectivity index (χ0v) is 9.56. The number of esters is 2. The smallest absolute Gasteiger partial charge is 0.329 e. The van der Waals surface area contributed by atoms with Crippen LogP contribution in [-0.4, -0.2) is 49.6 Å². The minimum Gasteiger partial charge on any atom is -0.469 e. The highest BCUT2D eigenvalue weighted by Gasteiger charge is 2.45. The first-order valence-electron chi connectivity index (χ1n) is 4.95. The summed E-state index contributed by atoms with van der Waals surface area (Å²) >= 11 is 0. The Labute approximate surface area is 93.5 Å². The molecule has 1 heterocycles. The van der Waals surface area contributed by atoms with E-state index in [0.29, 0.717) is 13.0 Å². The predicted octanol–water partition coefficient (Wildman–Crippen LogP) is -0.431. The Bertz CT molecular complexity index is 314. The molecule has 16 heavy (non-hydrogen) atoms. The molecule has 6 nitrogen and oxygen atoms in total. The average molecular weight is 229 g/mol. The molecule has 0 aromatic rings. The van der Waals surface area contributed by atoms with Crippen LogP contribution in [0.3, 0.4) is 0 Å². The minimum atomic E-state index is -0.852. The van der Waals surface area contributed by atoms with Crippen molar-refractivity contribution >= 4 is 17.8 Å². The second kappa shape index (κ2) is 4.96. The molecular weight excluding hydrogens is 214 g/mol. The van der Waals surface area contributed by atoms with Gasteiger partial charge in [-0.05, 0) is 6.42 Å². The first kappa shape index (κ1) is 12.5. The van der Waals surface area contributed by atoms with Gasteiger partial charge in [-0.2, -0.15) is 0 Å². The topological polar surface area (TPSA) is 72.9 Å². The molecular formula is C10H15NO5. The molecule has 0 bridgehead atoms. The molecule has 90 valence electrons. The van der Waals surface area contributed by atoms with E-state index >= 15 is 0 Å². The Morgan fingerprint density at radius 1 is 1.12 bits per heavy atom. The van der Waals surface area contributed by atoms with Crippen molar-refractivity contribution in [3.8, 4) is 0 Å². The van der Waals surface area contributed by atoms with Crippen LogP contribution >= 0.6 is 0 Å². The van der Waals surface area contributed by atoms with Crippen molar-refractivity contribution in [3.63, 3.8) is 0 Å². The minimum absolute atomic E-state index is 0.248. The van der Waals surface area contributed by atoms with Crippen LogP contribution in [0.1, 0.15) is 13.3 Å². The Morgan fingerprint density at radius 2 is 1.69 bits per heavy atom. The molecule has 1 amide bonds. The van der Waals surface area contributed by atoms with E-state index in [-0.39, 0.29) is 5.91 Å². The summed E-state index contributed by atoms with van der Waals surface area (Å²) in [6.07, 6.45) is 0.423. The van der Waals surface area contributed by atoms with Crippen LogP contribution < -0.4 is 0 Å². The van der Waals surface area contributed by atoms with Gasteiger partial charge >= 0.3 is 11.9 Å². The Morgan fingerprint density at radius 3 is 2.12 bits per heavy atom. The molecule has 6 heteroatoms. The number of ether oxygens (including phenoxy) is 2. The molecule has 1 aliphatic rings. The maximum Gasteiger partial charge on any atom is 0.329 e. The van der Waals surface area contributed by atoms with Gasteiger partial charge in [-0.1, -0.05) is 0 Å². The van der Waals surface area contributed by atoms with Gasteiger partial charge in [0.25, 0.3) is 0 Å². The molecule has 1 fully saturated rings. The summed E-state index contributed by atoms with van der Waals surface area (Å²) in [5, 5.41) is 0. The van der Waals surface area contributed by atoms with E-state index in [1.54, 1.807) is 0 Å². The second-order valence-electron chi connectivity index (χ2n) is 3.60. The van der Waals surface area contributed by atoms with Crippen LogP contribution in [0, 0.1) is 5.92 Å². The molecule has 1 aliphatic heterocycles. The normalized spacial score (nSPS) is 24.1. The highest BCUT2D eigenvalue weighted by Crippen LogP contribution is 2.26. The lowest BCUT2D eigenvalue weighted by Gasteiger charge is -2.23. The van der Waals surface area contributed by atoms with E-state index < -0.39 is 23.9 Å². The lowest BCUT2D eigenvalue weighted by molar-refractivity contribution is -0.158. The zero-order chi connectivity index (χ0) is 12.3.